The second kappa shape index (κ2) is 8.69. The van der Waals surface area contributed by atoms with Crippen molar-refractivity contribution in [2.75, 3.05) is 11.6 Å². The number of carbonyl (C=O) groups excluding carboxylic acids is 1. The lowest BCUT2D eigenvalue weighted by Crippen LogP contribution is -2.27. The molecule has 3 rings (SSSR count). The van der Waals surface area contributed by atoms with Gasteiger partial charge < -0.3 is 10.4 Å². The molecule has 1 fully saturated rings. The first-order valence-electron chi connectivity index (χ1n) is 9.98. The molecule has 0 radical (unpaired) electrons. The zero-order chi connectivity index (χ0) is 22.1. The molecule has 1 aromatic heterocycles. The maximum atomic E-state index is 13.1. The van der Waals surface area contributed by atoms with Gasteiger partial charge in [0.25, 0.3) is 0 Å². The maximum absolute atomic E-state index is 13.1. The third-order valence-electron chi connectivity index (χ3n) is 5.31. The molecule has 2 N–H and O–H groups in total. The van der Waals surface area contributed by atoms with E-state index >= 15 is 0 Å². The average molecular weight is 454 g/mol. The number of nitrogens with one attached hydrogen (secondary N) is 1. The van der Waals surface area contributed by atoms with Gasteiger partial charge in [0, 0.05) is 18.5 Å². The zero-order valence-electron chi connectivity index (χ0n) is 17.4. The molecule has 1 atom stereocenters. The molecule has 0 saturated heterocycles. The first-order valence-corrected chi connectivity index (χ1v) is 12.3. The van der Waals surface area contributed by atoms with Gasteiger partial charge in [0.1, 0.15) is 0 Å². The highest BCUT2D eigenvalue weighted by molar-refractivity contribution is 7.90. The van der Waals surface area contributed by atoms with E-state index < -0.39 is 21.4 Å². The molecule has 1 aromatic carbocycles. The van der Waals surface area contributed by atoms with Crippen molar-refractivity contribution in [3.63, 3.8) is 0 Å². The molecule has 1 aliphatic rings. The first kappa shape index (κ1) is 22.8. The lowest BCUT2D eigenvalue weighted by atomic mass is 9.77. The van der Waals surface area contributed by atoms with Crippen molar-refractivity contribution in [2.24, 2.45) is 5.92 Å². The van der Waals surface area contributed by atoms with E-state index in [1.165, 1.54) is 6.07 Å². The number of hydrogen-bond acceptors (Lipinski definition) is 5. The molecule has 30 heavy (non-hydrogen) atoms. The Labute approximate surface area is 182 Å². The Morgan fingerprint density at radius 3 is 2.60 bits per heavy atom. The third-order valence-corrected chi connectivity index (χ3v) is 6.89. The molecule has 1 amide bonds. The van der Waals surface area contributed by atoms with E-state index in [1.807, 2.05) is 0 Å². The Morgan fingerprint density at radius 1 is 1.37 bits per heavy atom. The van der Waals surface area contributed by atoms with Crippen LogP contribution in [0.15, 0.2) is 35.4 Å². The normalized spacial score (nSPS) is 16.2. The predicted octanol–water partition coefficient (Wildman–Crippen LogP) is 3.62. The average Bonchev–Trinajstić information content (AvgIpc) is 2.97. The number of aromatic nitrogens is 2. The Hall–Kier alpha value is -1.90. The van der Waals surface area contributed by atoms with Crippen molar-refractivity contribution in [1.82, 2.24) is 9.78 Å². The number of rotatable bonds is 8. The lowest BCUT2D eigenvalue weighted by Gasteiger charge is -2.29. The Kier molecular flexibility index (Phi) is 6.60. The number of carbonyl (C=O) groups is 1. The molecule has 164 valence electrons. The molecule has 0 spiro atoms. The minimum absolute atomic E-state index is 0.0566. The SMILES string of the molecule is CC(C)(O)Cn1ccc(NC(=O)C(CC2CCC2)c2ccc(S(C)(=O)=O)c(Cl)c2)n1. The minimum Gasteiger partial charge on any atom is -0.389 e. The second-order valence-electron chi connectivity index (χ2n) is 8.75. The van der Waals surface area contributed by atoms with Crippen molar-refractivity contribution in [1.29, 1.82) is 0 Å². The summed E-state index contributed by atoms with van der Waals surface area (Å²) in [5, 5.41) is 17.2. The van der Waals surface area contributed by atoms with Crippen LogP contribution in [0, 0.1) is 5.92 Å². The zero-order valence-corrected chi connectivity index (χ0v) is 19.0. The summed E-state index contributed by atoms with van der Waals surface area (Å²) >= 11 is 6.22. The molecule has 1 aliphatic carbocycles. The molecule has 1 unspecified atom stereocenters. The standard InChI is InChI=1S/C21H28ClN3O4S/c1-21(2,27)13-25-10-9-19(24-25)23-20(26)16(11-14-5-4-6-14)15-7-8-18(17(22)12-15)30(3,28)29/h7-10,12,14,16,27H,4-6,11,13H2,1-3H3,(H,23,24,26). The van der Waals surface area contributed by atoms with Crippen LogP contribution in [0.1, 0.15) is 51.0 Å². The van der Waals surface area contributed by atoms with Gasteiger partial charge in [-0.3, -0.25) is 9.48 Å². The largest absolute Gasteiger partial charge is 0.389 e. The van der Waals surface area contributed by atoms with Crippen LogP contribution in [0.25, 0.3) is 0 Å². The van der Waals surface area contributed by atoms with Crippen molar-refractivity contribution in [3.05, 3.63) is 41.0 Å². The number of anilines is 1. The van der Waals surface area contributed by atoms with Crippen molar-refractivity contribution in [2.45, 2.75) is 62.5 Å². The molecule has 9 heteroatoms. The lowest BCUT2D eigenvalue weighted by molar-refractivity contribution is -0.118. The number of hydrogen-bond donors (Lipinski definition) is 2. The monoisotopic (exact) mass is 453 g/mol. The van der Waals surface area contributed by atoms with Gasteiger partial charge in [0.2, 0.25) is 5.91 Å². The molecule has 1 saturated carbocycles. The summed E-state index contributed by atoms with van der Waals surface area (Å²) in [4.78, 5) is 13.2. The number of sulfone groups is 1. The molecular formula is C21H28ClN3O4S. The summed E-state index contributed by atoms with van der Waals surface area (Å²) < 4.78 is 25.3. The Morgan fingerprint density at radius 2 is 2.07 bits per heavy atom. The van der Waals surface area contributed by atoms with Crippen LogP contribution in [-0.2, 0) is 21.2 Å². The van der Waals surface area contributed by atoms with E-state index in [0.29, 0.717) is 30.3 Å². The van der Waals surface area contributed by atoms with Crippen LogP contribution in [0.3, 0.4) is 0 Å². The van der Waals surface area contributed by atoms with E-state index in [2.05, 4.69) is 10.4 Å². The Bertz CT molecular complexity index is 1020. The maximum Gasteiger partial charge on any atom is 0.233 e. The number of nitrogens with zero attached hydrogens (tertiary/aromatic N) is 2. The fraction of sp³-hybridized carbons (Fsp3) is 0.524. The van der Waals surface area contributed by atoms with Gasteiger partial charge in [-0.15, -0.1) is 0 Å². The minimum atomic E-state index is -3.44. The second-order valence-corrected chi connectivity index (χ2v) is 11.1. The van der Waals surface area contributed by atoms with E-state index in [4.69, 9.17) is 11.6 Å². The molecule has 2 aromatic rings. The van der Waals surface area contributed by atoms with Crippen LogP contribution >= 0.6 is 11.6 Å². The quantitative estimate of drug-likeness (QED) is 0.635. The van der Waals surface area contributed by atoms with Crippen LogP contribution in [0.5, 0.6) is 0 Å². The fourth-order valence-electron chi connectivity index (χ4n) is 3.62. The van der Waals surface area contributed by atoms with Gasteiger partial charge in [-0.2, -0.15) is 5.10 Å². The number of amides is 1. The number of halogens is 1. The van der Waals surface area contributed by atoms with Crippen molar-refractivity contribution >= 4 is 33.2 Å². The van der Waals surface area contributed by atoms with Gasteiger partial charge in [0.15, 0.2) is 15.7 Å². The van der Waals surface area contributed by atoms with E-state index in [1.54, 1.807) is 42.9 Å². The molecule has 0 aliphatic heterocycles. The van der Waals surface area contributed by atoms with Gasteiger partial charge in [0.05, 0.1) is 28.0 Å². The smallest absolute Gasteiger partial charge is 0.233 e. The van der Waals surface area contributed by atoms with E-state index in [9.17, 15) is 18.3 Å². The first-order chi connectivity index (χ1) is 13.9. The summed E-state index contributed by atoms with van der Waals surface area (Å²) in [5.41, 5.74) is -0.231. The van der Waals surface area contributed by atoms with Gasteiger partial charge in [-0.1, -0.05) is 36.9 Å². The Balaban J connectivity index is 1.81. The summed E-state index contributed by atoms with van der Waals surface area (Å²) in [5.74, 6) is 0.197. The van der Waals surface area contributed by atoms with Gasteiger partial charge >= 0.3 is 0 Å². The highest BCUT2D eigenvalue weighted by atomic mass is 35.5. The van der Waals surface area contributed by atoms with E-state index in [0.717, 1.165) is 25.5 Å². The summed E-state index contributed by atoms with van der Waals surface area (Å²) in [6.45, 7) is 3.67. The topological polar surface area (TPSA) is 101 Å². The highest BCUT2D eigenvalue weighted by Gasteiger charge is 2.29. The van der Waals surface area contributed by atoms with Gasteiger partial charge in [-0.25, -0.2) is 8.42 Å². The predicted molar refractivity (Wildman–Crippen MR) is 116 cm³/mol. The fourth-order valence-corrected chi connectivity index (χ4v) is 4.95. The summed E-state index contributed by atoms with van der Waals surface area (Å²) in [6, 6.07) is 6.39. The van der Waals surface area contributed by atoms with Gasteiger partial charge in [-0.05, 0) is 43.9 Å². The summed E-state index contributed by atoms with van der Waals surface area (Å²) in [7, 11) is -3.44. The van der Waals surface area contributed by atoms with Crippen LogP contribution in [0.2, 0.25) is 5.02 Å². The van der Waals surface area contributed by atoms with Crippen LogP contribution < -0.4 is 5.32 Å². The van der Waals surface area contributed by atoms with E-state index in [-0.39, 0.29) is 15.8 Å². The third kappa shape index (κ3) is 5.83. The number of benzene rings is 1. The molecular weight excluding hydrogens is 426 g/mol. The molecule has 1 heterocycles. The van der Waals surface area contributed by atoms with Crippen LogP contribution in [-0.4, -0.2) is 41.1 Å². The molecule has 7 nitrogen and oxygen atoms in total. The molecule has 0 bridgehead atoms. The summed E-state index contributed by atoms with van der Waals surface area (Å²) in [6.07, 6.45) is 6.81. The van der Waals surface area contributed by atoms with Crippen molar-refractivity contribution in [3.8, 4) is 0 Å². The number of aliphatic hydroxyl groups is 1. The van der Waals surface area contributed by atoms with Crippen molar-refractivity contribution < 1.29 is 18.3 Å². The highest BCUT2D eigenvalue weighted by Crippen LogP contribution is 2.37. The van der Waals surface area contributed by atoms with Crippen LogP contribution in [0.4, 0.5) is 5.82 Å².